The minimum atomic E-state index is -0.357. The molecule has 0 atom stereocenters. The molecule has 0 radical (unpaired) electrons. The number of hydrogen-bond acceptors (Lipinski definition) is 4. The number of carbonyl (C=O) groups excluding carboxylic acids is 1. The Morgan fingerprint density at radius 3 is 2.00 bits per heavy atom. The summed E-state index contributed by atoms with van der Waals surface area (Å²) in [6.45, 7) is 1.58. The van der Waals surface area contributed by atoms with Gasteiger partial charge in [0.15, 0.2) is 0 Å². The fourth-order valence-electron chi connectivity index (χ4n) is 2.65. The van der Waals surface area contributed by atoms with Crippen LogP contribution >= 0.6 is 0 Å². The van der Waals surface area contributed by atoms with Crippen LogP contribution in [0.25, 0.3) is 17.2 Å². The maximum atomic E-state index is 11.1. The topological polar surface area (TPSA) is 44.8 Å². The summed E-state index contributed by atoms with van der Waals surface area (Å²) in [7, 11) is 3.11. The molecule has 0 fully saturated rings. The van der Waals surface area contributed by atoms with E-state index in [2.05, 4.69) is 16.9 Å². The number of rotatable bonds is 11. The molecule has 0 amide bonds. The Morgan fingerprint density at radius 2 is 1.41 bits per heavy atom. The van der Waals surface area contributed by atoms with Crippen molar-refractivity contribution < 1.29 is 19.0 Å². The molecular formula is C23H28O4. The highest BCUT2D eigenvalue weighted by Gasteiger charge is 2.00. The molecule has 4 nitrogen and oxygen atoms in total. The zero-order valence-electron chi connectivity index (χ0n) is 16.1. The number of ether oxygens (including phenoxy) is 3. The fraction of sp³-hybridized carbons (Fsp3) is 0.348. The second-order valence-corrected chi connectivity index (χ2v) is 6.26. The van der Waals surface area contributed by atoms with Crippen LogP contribution < -0.4 is 4.74 Å². The molecule has 0 bridgehead atoms. The molecule has 0 spiro atoms. The van der Waals surface area contributed by atoms with Crippen LogP contribution in [0.1, 0.15) is 31.2 Å². The monoisotopic (exact) mass is 368 g/mol. The van der Waals surface area contributed by atoms with Crippen LogP contribution in [-0.4, -0.2) is 33.4 Å². The van der Waals surface area contributed by atoms with Crippen molar-refractivity contribution in [2.75, 3.05) is 27.4 Å². The van der Waals surface area contributed by atoms with Crippen LogP contribution in [0.4, 0.5) is 0 Å². The highest BCUT2D eigenvalue weighted by Crippen LogP contribution is 2.23. The van der Waals surface area contributed by atoms with Crippen LogP contribution in [0.15, 0.2) is 54.6 Å². The van der Waals surface area contributed by atoms with Gasteiger partial charge in [-0.15, -0.1) is 0 Å². The molecule has 0 heterocycles. The van der Waals surface area contributed by atoms with E-state index >= 15 is 0 Å². The molecule has 0 aromatic heterocycles. The minimum Gasteiger partial charge on any atom is -0.494 e. The van der Waals surface area contributed by atoms with Gasteiger partial charge in [-0.2, -0.15) is 0 Å². The molecule has 4 heteroatoms. The van der Waals surface area contributed by atoms with Crippen molar-refractivity contribution in [3.8, 4) is 16.9 Å². The lowest BCUT2D eigenvalue weighted by Crippen LogP contribution is -1.97. The van der Waals surface area contributed by atoms with Gasteiger partial charge in [0.05, 0.1) is 13.7 Å². The standard InChI is InChI=1S/C23H28O4/c1-25-17-5-3-4-6-18-27-22-14-12-21(13-15-22)20-10-7-19(8-11-20)9-16-23(24)26-2/h7-16H,3-6,17-18H2,1-2H3. The quantitative estimate of drug-likeness (QED) is 0.313. The summed E-state index contributed by atoms with van der Waals surface area (Å²) < 4.78 is 15.4. The first-order valence-electron chi connectivity index (χ1n) is 9.31. The van der Waals surface area contributed by atoms with Crippen LogP contribution in [0, 0.1) is 0 Å². The van der Waals surface area contributed by atoms with Crippen LogP contribution in [0.2, 0.25) is 0 Å². The second kappa shape index (κ2) is 11.9. The Hall–Kier alpha value is -2.59. The van der Waals surface area contributed by atoms with Crippen molar-refractivity contribution in [1.29, 1.82) is 0 Å². The summed E-state index contributed by atoms with van der Waals surface area (Å²) in [6.07, 6.45) is 7.67. The highest BCUT2D eigenvalue weighted by molar-refractivity contribution is 5.87. The second-order valence-electron chi connectivity index (χ2n) is 6.26. The third-order valence-corrected chi connectivity index (χ3v) is 4.22. The smallest absolute Gasteiger partial charge is 0.330 e. The SMILES string of the molecule is COCCCCCCOc1ccc(-c2ccc(C=CC(=O)OC)cc2)cc1. The Bertz CT molecular complexity index is 702. The van der Waals surface area contributed by atoms with Gasteiger partial charge in [0.25, 0.3) is 0 Å². The average molecular weight is 368 g/mol. The van der Waals surface area contributed by atoms with E-state index in [1.54, 1.807) is 13.2 Å². The number of methoxy groups -OCH3 is 2. The van der Waals surface area contributed by atoms with Gasteiger partial charge in [0.1, 0.15) is 5.75 Å². The lowest BCUT2D eigenvalue weighted by molar-refractivity contribution is -0.134. The van der Waals surface area contributed by atoms with E-state index < -0.39 is 0 Å². The van der Waals surface area contributed by atoms with Crippen molar-refractivity contribution in [2.45, 2.75) is 25.7 Å². The number of carbonyl (C=O) groups is 1. The third kappa shape index (κ3) is 7.67. The lowest BCUT2D eigenvalue weighted by atomic mass is 10.0. The van der Waals surface area contributed by atoms with Crippen molar-refractivity contribution in [3.63, 3.8) is 0 Å². The first kappa shape index (κ1) is 20.7. The molecule has 0 aliphatic rings. The maximum absolute atomic E-state index is 11.1. The fourth-order valence-corrected chi connectivity index (χ4v) is 2.65. The van der Waals surface area contributed by atoms with Gasteiger partial charge in [-0.25, -0.2) is 4.79 Å². The molecule has 0 aliphatic heterocycles. The largest absolute Gasteiger partial charge is 0.494 e. The van der Waals surface area contributed by atoms with Gasteiger partial charge < -0.3 is 14.2 Å². The summed E-state index contributed by atoms with van der Waals surface area (Å²) in [5.41, 5.74) is 3.20. The van der Waals surface area contributed by atoms with Gasteiger partial charge in [0.2, 0.25) is 0 Å². The number of benzene rings is 2. The van der Waals surface area contributed by atoms with Crippen molar-refractivity contribution in [1.82, 2.24) is 0 Å². The van der Waals surface area contributed by atoms with Gasteiger partial charge in [-0.1, -0.05) is 42.8 Å². The van der Waals surface area contributed by atoms with Gasteiger partial charge >= 0.3 is 5.97 Å². The molecular weight excluding hydrogens is 340 g/mol. The third-order valence-electron chi connectivity index (χ3n) is 4.22. The number of hydrogen-bond donors (Lipinski definition) is 0. The molecule has 2 rings (SSSR count). The normalized spacial score (nSPS) is 10.9. The first-order chi connectivity index (χ1) is 13.2. The first-order valence-corrected chi connectivity index (χ1v) is 9.31. The van der Waals surface area contributed by atoms with E-state index in [1.807, 2.05) is 36.4 Å². The summed E-state index contributed by atoms with van der Waals surface area (Å²) in [5.74, 6) is 0.540. The average Bonchev–Trinajstić information content (AvgIpc) is 2.72. The Morgan fingerprint density at radius 1 is 0.815 bits per heavy atom. The summed E-state index contributed by atoms with van der Waals surface area (Å²) in [4.78, 5) is 11.1. The predicted molar refractivity (Wildman–Crippen MR) is 109 cm³/mol. The van der Waals surface area contributed by atoms with Crippen LogP contribution in [-0.2, 0) is 14.3 Å². The maximum Gasteiger partial charge on any atom is 0.330 e. The van der Waals surface area contributed by atoms with Gasteiger partial charge in [-0.3, -0.25) is 0 Å². The summed E-state index contributed by atoms with van der Waals surface area (Å²) in [6, 6.07) is 16.2. The minimum absolute atomic E-state index is 0.357. The van der Waals surface area contributed by atoms with Gasteiger partial charge in [0, 0.05) is 19.8 Å². The van der Waals surface area contributed by atoms with Crippen molar-refractivity contribution in [2.24, 2.45) is 0 Å². The van der Waals surface area contributed by atoms with Crippen molar-refractivity contribution >= 4 is 12.0 Å². The molecule has 2 aromatic rings. The molecule has 0 saturated heterocycles. The Balaban J connectivity index is 1.80. The molecule has 0 aliphatic carbocycles. The molecule has 0 N–H and O–H groups in total. The summed E-state index contributed by atoms with van der Waals surface area (Å²) >= 11 is 0. The van der Waals surface area contributed by atoms with Crippen LogP contribution in [0.3, 0.4) is 0 Å². The van der Waals surface area contributed by atoms with Gasteiger partial charge in [-0.05, 0) is 54.2 Å². The molecule has 27 heavy (non-hydrogen) atoms. The molecule has 0 unspecified atom stereocenters. The lowest BCUT2D eigenvalue weighted by Gasteiger charge is -2.08. The van der Waals surface area contributed by atoms with E-state index in [0.29, 0.717) is 0 Å². The zero-order chi connectivity index (χ0) is 19.3. The Labute approximate surface area is 161 Å². The van der Waals surface area contributed by atoms with E-state index in [1.165, 1.54) is 19.6 Å². The van der Waals surface area contributed by atoms with E-state index in [-0.39, 0.29) is 5.97 Å². The predicted octanol–water partition coefficient (Wildman–Crippen LogP) is 5.13. The van der Waals surface area contributed by atoms with Crippen molar-refractivity contribution in [3.05, 3.63) is 60.2 Å². The highest BCUT2D eigenvalue weighted by atomic mass is 16.5. The molecule has 144 valence electrons. The van der Waals surface area contributed by atoms with E-state index in [0.717, 1.165) is 54.9 Å². The molecule has 2 aromatic carbocycles. The zero-order valence-corrected chi connectivity index (χ0v) is 16.1. The Kier molecular flexibility index (Phi) is 9.14. The summed E-state index contributed by atoms with van der Waals surface area (Å²) in [5, 5.41) is 0. The number of esters is 1. The molecule has 0 saturated carbocycles. The van der Waals surface area contributed by atoms with E-state index in [4.69, 9.17) is 9.47 Å². The van der Waals surface area contributed by atoms with E-state index in [9.17, 15) is 4.79 Å². The van der Waals surface area contributed by atoms with Crippen LogP contribution in [0.5, 0.6) is 5.75 Å². The number of unbranched alkanes of at least 4 members (excludes halogenated alkanes) is 3.